The van der Waals surface area contributed by atoms with Gasteiger partial charge in [-0.3, -0.25) is 4.79 Å². The molecule has 4 heteroatoms. The molecule has 0 heterocycles. The van der Waals surface area contributed by atoms with Crippen LogP contribution in [0, 0.1) is 5.82 Å². The molecule has 0 aliphatic carbocycles. The molecule has 1 amide bonds. The number of nitrogens with one attached hydrogen (secondary N) is 1. The monoisotopic (exact) mass is 196 g/mol. The minimum atomic E-state index is -0.447. The minimum Gasteiger partial charge on any atom is -0.399 e. The van der Waals surface area contributed by atoms with E-state index in [1.807, 2.05) is 6.92 Å². The average molecular weight is 196 g/mol. The molecular formula is C10H13FN2O. The molecule has 0 saturated heterocycles. The molecule has 1 rings (SSSR count). The number of carbonyl (C=O) groups excluding carboxylic acids is 1. The van der Waals surface area contributed by atoms with Gasteiger partial charge in [0.05, 0.1) is 0 Å². The quantitative estimate of drug-likeness (QED) is 0.728. The van der Waals surface area contributed by atoms with Gasteiger partial charge in [-0.2, -0.15) is 0 Å². The first-order valence-electron chi connectivity index (χ1n) is 4.47. The SMILES string of the molecule is CCCC(=O)Nc1cc(N)cc(F)c1. The van der Waals surface area contributed by atoms with Gasteiger partial charge < -0.3 is 11.1 Å². The lowest BCUT2D eigenvalue weighted by Gasteiger charge is -2.05. The standard InChI is InChI=1S/C10H13FN2O/c1-2-3-10(14)13-9-5-7(11)4-8(12)6-9/h4-6H,2-3,12H2,1H3,(H,13,14). The Morgan fingerprint density at radius 1 is 1.50 bits per heavy atom. The Balaban J connectivity index is 2.71. The van der Waals surface area contributed by atoms with Gasteiger partial charge in [-0.15, -0.1) is 0 Å². The van der Waals surface area contributed by atoms with Crippen LogP contribution in [-0.2, 0) is 4.79 Å². The van der Waals surface area contributed by atoms with Crippen molar-refractivity contribution in [3.8, 4) is 0 Å². The molecule has 0 bridgehead atoms. The molecule has 0 aliphatic rings. The maximum Gasteiger partial charge on any atom is 0.224 e. The fourth-order valence-corrected chi connectivity index (χ4v) is 1.14. The van der Waals surface area contributed by atoms with E-state index in [4.69, 9.17) is 5.73 Å². The van der Waals surface area contributed by atoms with E-state index in [0.29, 0.717) is 17.8 Å². The summed E-state index contributed by atoms with van der Waals surface area (Å²) in [7, 11) is 0. The van der Waals surface area contributed by atoms with Crippen LogP contribution in [0.1, 0.15) is 19.8 Å². The van der Waals surface area contributed by atoms with Crippen molar-refractivity contribution in [3.05, 3.63) is 24.0 Å². The molecule has 0 aromatic heterocycles. The van der Waals surface area contributed by atoms with Crippen molar-refractivity contribution in [3.63, 3.8) is 0 Å². The normalized spacial score (nSPS) is 9.86. The topological polar surface area (TPSA) is 55.1 Å². The molecular weight excluding hydrogens is 183 g/mol. The lowest BCUT2D eigenvalue weighted by atomic mass is 10.2. The molecule has 14 heavy (non-hydrogen) atoms. The van der Waals surface area contributed by atoms with Crippen molar-refractivity contribution < 1.29 is 9.18 Å². The van der Waals surface area contributed by atoms with Crippen LogP contribution < -0.4 is 11.1 Å². The molecule has 0 radical (unpaired) electrons. The summed E-state index contributed by atoms with van der Waals surface area (Å²) in [4.78, 5) is 11.2. The summed E-state index contributed by atoms with van der Waals surface area (Å²) in [6.45, 7) is 1.90. The summed E-state index contributed by atoms with van der Waals surface area (Å²) in [6.07, 6.45) is 1.19. The second kappa shape index (κ2) is 4.60. The molecule has 0 saturated carbocycles. The summed E-state index contributed by atoms with van der Waals surface area (Å²) in [5.74, 6) is -0.575. The third kappa shape index (κ3) is 3.05. The van der Waals surface area contributed by atoms with Crippen LogP contribution in [0.2, 0.25) is 0 Å². The first kappa shape index (κ1) is 10.5. The lowest BCUT2D eigenvalue weighted by molar-refractivity contribution is -0.116. The molecule has 3 N–H and O–H groups in total. The van der Waals surface area contributed by atoms with Gasteiger partial charge in [-0.25, -0.2) is 4.39 Å². The van der Waals surface area contributed by atoms with Crippen LogP contribution in [0.4, 0.5) is 15.8 Å². The summed E-state index contributed by atoms with van der Waals surface area (Å²) in [5, 5.41) is 2.57. The largest absolute Gasteiger partial charge is 0.399 e. The van der Waals surface area contributed by atoms with E-state index in [-0.39, 0.29) is 5.91 Å². The summed E-state index contributed by atoms with van der Waals surface area (Å²) >= 11 is 0. The molecule has 0 aliphatic heterocycles. The van der Waals surface area contributed by atoms with Gasteiger partial charge in [-0.05, 0) is 24.6 Å². The number of halogens is 1. The van der Waals surface area contributed by atoms with E-state index in [2.05, 4.69) is 5.32 Å². The Morgan fingerprint density at radius 2 is 2.21 bits per heavy atom. The van der Waals surface area contributed by atoms with Gasteiger partial charge in [0.15, 0.2) is 0 Å². The molecule has 0 spiro atoms. The number of benzene rings is 1. The molecule has 1 aromatic carbocycles. The molecule has 76 valence electrons. The third-order valence-corrected chi connectivity index (χ3v) is 1.68. The van der Waals surface area contributed by atoms with E-state index >= 15 is 0 Å². The van der Waals surface area contributed by atoms with Gasteiger partial charge in [0.2, 0.25) is 5.91 Å². The molecule has 0 atom stereocenters. The molecule has 3 nitrogen and oxygen atoms in total. The highest BCUT2D eigenvalue weighted by atomic mass is 19.1. The molecule has 0 fully saturated rings. The molecule has 0 unspecified atom stereocenters. The average Bonchev–Trinajstić information content (AvgIpc) is 2.01. The second-order valence-corrected chi connectivity index (χ2v) is 3.07. The Morgan fingerprint density at radius 3 is 2.79 bits per heavy atom. The second-order valence-electron chi connectivity index (χ2n) is 3.07. The van der Waals surface area contributed by atoms with Gasteiger partial charge in [0.1, 0.15) is 5.82 Å². The Hall–Kier alpha value is -1.58. The van der Waals surface area contributed by atoms with Gasteiger partial charge in [0, 0.05) is 17.8 Å². The Kier molecular flexibility index (Phi) is 3.45. The van der Waals surface area contributed by atoms with Crippen molar-refractivity contribution in [2.24, 2.45) is 0 Å². The summed E-state index contributed by atoms with van der Waals surface area (Å²) < 4.78 is 12.8. The van der Waals surface area contributed by atoms with Crippen LogP contribution in [0.3, 0.4) is 0 Å². The van der Waals surface area contributed by atoms with Crippen LogP contribution in [-0.4, -0.2) is 5.91 Å². The maximum atomic E-state index is 12.8. The highest BCUT2D eigenvalue weighted by molar-refractivity contribution is 5.91. The van der Waals surface area contributed by atoms with Gasteiger partial charge in [-0.1, -0.05) is 6.92 Å². The molecule has 1 aromatic rings. The minimum absolute atomic E-state index is 0.127. The van der Waals surface area contributed by atoms with Crippen LogP contribution in [0.5, 0.6) is 0 Å². The lowest BCUT2D eigenvalue weighted by Crippen LogP contribution is -2.10. The van der Waals surface area contributed by atoms with Crippen molar-refractivity contribution in [1.29, 1.82) is 0 Å². The van der Waals surface area contributed by atoms with E-state index in [0.717, 1.165) is 6.42 Å². The first-order chi connectivity index (χ1) is 6.61. The highest BCUT2D eigenvalue weighted by Crippen LogP contribution is 2.15. The number of anilines is 2. The zero-order valence-electron chi connectivity index (χ0n) is 8.01. The number of hydrogen-bond acceptors (Lipinski definition) is 2. The number of hydrogen-bond donors (Lipinski definition) is 2. The number of nitrogens with two attached hydrogens (primary N) is 1. The van der Waals surface area contributed by atoms with E-state index in [9.17, 15) is 9.18 Å². The smallest absolute Gasteiger partial charge is 0.224 e. The zero-order chi connectivity index (χ0) is 10.6. The van der Waals surface area contributed by atoms with Crippen LogP contribution >= 0.6 is 0 Å². The van der Waals surface area contributed by atoms with Crippen molar-refractivity contribution >= 4 is 17.3 Å². The fraction of sp³-hybridized carbons (Fsp3) is 0.300. The van der Waals surface area contributed by atoms with E-state index in [1.54, 1.807) is 0 Å². The Labute approximate surface area is 82.1 Å². The maximum absolute atomic E-state index is 12.8. The van der Waals surface area contributed by atoms with Gasteiger partial charge >= 0.3 is 0 Å². The fourth-order valence-electron chi connectivity index (χ4n) is 1.14. The summed E-state index contributed by atoms with van der Waals surface area (Å²) in [5.41, 5.74) is 6.12. The summed E-state index contributed by atoms with van der Waals surface area (Å²) in [6, 6.07) is 3.97. The highest BCUT2D eigenvalue weighted by Gasteiger charge is 2.02. The predicted octanol–water partition coefficient (Wildman–Crippen LogP) is 2.15. The van der Waals surface area contributed by atoms with Crippen molar-refractivity contribution in [2.75, 3.05) is 11.1 Å². The van der Waals surface area contributed by atoms with E-state index in [1.165, 1.54) is 18.2 Å². The number of rotatable bonds is 3. The Bertz CT molecular complexity index is 319. The third-order valence-electron chi connectivity index (χ3n) is 1.68. The van der Waals surface area contributed by atoms with Crippen molar-refractivity contribution in [2.45, 2.75) is 19.8 Å². The van der Waals surface area contributed by atoms with Gasteiger partial charge in [0.25, 0.3) is 0 Å². The van der Waals surface area contributed by atoms with E-state index < -0.39 is 5.82 Å². The number of nitrogen functional groups attached to an aromatic ring is 1. The predicted molar refractivity (Wildman–Crippen MR) is 54.4 cm³/mol. The van der Waals surface area contributed by atoms with Crippen LogP contribution in [0.25, 0.3) is 0 Å². The first-order valence-corrected chi connectivity index (χ1v) is 4.47. The number of amides is 1. The number of carbonyl (C=O) groups is 1. The van der Waals surface area contributed by atoms with Crippen molar-refractivity contribution in [1.82, 2.24) is 0 Å². The zero-order valence-corrected chi connectivity index (χ0v) is 8.01. The van der Waals surface area contributed by atoms with Crippen LogP contribution in [0.15, 0.2) is 18.2 Å².